The predicted octanol–water partition coefficient (Wildman–Crippen LogP) is 5.86. The number of aromatic nitrogens is 2. The molecule has 2 N–H and O–H groups in total. The van der Waals surface area contributed by atoms with Crippen molar-refractivity contribution in [1.82, 2.24) is 10.2 Å². The smallest absolute Gasteiger partial charge is 0.173 e. The standard InChI is InChI=1S/C24H21FN2O3/c1-2-16-5-9-19(10-6-16)30-23-14-26-27-24(23)21-12-11-20(13-22(21)28)29-15-17-3-7-18(25)8-4-17/h3-14,28H,2,15H2,1H3,(H,26,27). The molecule has 3 aromatic carbocycles. The maximum absolute atomic E-state index is 13.0. The van der Waals surface area contributed by atoms with E-state index in [9.17, 15) is 9.50 Å². The molecule has 0 radical (unpaired) electrons. The Hall–Kier alpha value is -3.80. The Balaban J connectivity index is 1.49. The van der Waals surface area contributed by atoms with Crippen molar-refractivity contribution in [2.24, 2.45) is 0 Å². The molecular weight excluding hydrogens is 383 g/mol. The zero-order chi connectivity index (χ0) is 20.9. The second-order valence-corrected chi connectivity index (χ2v) is 6.80. The lowest BCUT2D eigenvalue weighted by Gasteiger charge is -2.11. The van der Waals surface area contributed by atoms with Crippen LogP contribution in [-0.4, -0.2) is 15.3 Å². The Kier molecular flexibility index (Phi) is 5.66. The van der Waals surface area contributed by atoms with Gasteiger partial charge in [-0.2, -0.15) is 5.10 Å². The first-order valence-corrected chi connectivity index (χ1v) is 9.63. The van der Waals surface area contributed by atoms with E-state index in [0.717, 1.165) is 12.0 Å². The van der Waals surface area contributed by atoms with E-state index >= 15 is 0 Å². The number of aromatic amines is 1. The summed E-state index contributed by atoms with van der Waals surface area (Å²) in [4.78, 5) is 0. The van der Waals surface area contributed by atoms with Crippen molar-refractivity contribution >= 4 is 0 Å². The van der Waals surface area contributed by atoms with Gasteiger partial charge in [-0.25, -0.2) is 4.39 Å². The van der Waals surface area contributed by atoms with E-state index < -0.39 is 0 Å². The van der Waals surface area contributed by atoms with Gasteiger partial charge in [0.05, 0.1) is 6.20 Å². The lowest BCUT2D eigenvalue weighted by molar-refractivity contribution is 0.304. The minimum atomic E-state index is -0.292. The zero-order valence-corrected chi connectivity index (χ0v) is 16.4. The summed E-state index contributed by atoms with van der Waals surface area (Å²) in [6.45, 7) is 2.37. The number of rotatable bonds is 7. The van der Waals surface area contributed by atoms with E-state index in [-0.39, 0.29) is 18.2 Å². The number of phenolic OH excluding ortho intramolecular Hbond substituents is 1. The van der Waals surface area contributed by atoms with Gasteiger partial charge in [0.15, 0.2) is 5.75 Å². The minimum Gasteiger partial charge on any atom is -0.507 e. The summed E-state index contributed by atoms with van der Waals surface area (Å²) in [6.07, 6.45) is 2.53. The van der Waals surface area contributed by atoms with Crippen molar-refractivity contribution < 1.29 is 19.0 Å². The van der Waals surface area contributed by atoms with Gasteiger partial charge in [-0.1, -0.05) is 31.2 Å². The molecule has 0 aliphatic heterocycles. The van der Waals surface area contributed by atoms with Crippen LogP contribution in [0.3, 0.4) is 0 Å². The topological polar surface area (TPSA) is 67.4 Å². The summed E-state index contributed by atoms with van der Waals surface area (Å²) in [7, 11) is 0. The zero-order valence-electron chi connectivity index (χ0n) is 16.4. The van der Waals surface area contributed by atoms with Crippen molar-refractivity contribution in [3.05, 3.63) is 89.9 Å². The van der Waals surface area contributed by atoms with E-state index in [1.165, 1.54) is 23.8 Å². The first-order valence-electron chi connectivity index (χ1n) is 9.63. The largest absolute Gasteiger partial charge is 0.507 e. The number of hydrogen-bond donors (Lipinski definition) is 2. The Morgan fingerprint density at radius 2 is 1.63 bits per heavy atom. The highest BCUT2D eigenvalue weighted by Crippen LogP contribution is 2.38. The highest BCUT2D eigenvalue weighted by Gasteiger charge is 2.15. The van der Waals surface area contributed by atoms with Crippen molar-refractivity contribution in [1.29, 1.82) is 0 Å². The van der Waals surface area contributed by atoms with Crippen LogP contribution in [-0.2, 0) is 13.0 Å². The van der Waals surface area contributed by atoms with Crippen LogP contribution >= 0.6 is 0 Å². The van der Waals surface area contributed by atoms with E-state index in [2.05, 4.69) is 17.1 Å². The summed E-state index contributed by atoms with van der Waals surface area (Å²) in [5, 5.41) is 17.5. The van der Waals surface area contributed by atoms with Crippen molar-refractivity contribution in [2.75, 3.05) is 0 Å². The van der Waals surface area contributed by atoms with Crippen LogP contribution in [0.2, 0.25) is 0 Å². The molecule has 4 rings (SSSR count). The number of aromatic hydroxyl groups is 1. The van der Waals surface area contributed by atoms with Gasteiger partial charge in [0.25, 0.3) is 0 Å². The Morgan fingerprint density at radius 1 is 0.933 bits per heavy atom. The average molecular weight is 404 g/mol. The average Bonchev–Trinajstić information content (AvgIpc) is 3.22. The minimum absolute atomic E-state index is 0.0297. The van der Waals surface area contributed by atoms with Gasteiger partial charge in [-0.05, 0) is 53.9 Å². The van der Waals surface area contributed by atoms with Gasteiger partial charge < -0.3 is 14.6 Å². The molecule has 0 saturated carbocycles. The lowest BCUT2D eigenvalue weighted by Crippen LogP contribution is -1.95. The predicted molar refractivity (Wildman–Crippen MR) is 112 cm³/mol. The maximum Gasteiger partial charge on any atom is 0.173 e. The van der Waals surface area contributed by atoms with Gasteiger partial charge in [0.1, 0.15) is 35.4 Å². The summed E-state index contributed by atoms with van der Waals surface area (Å²) in [6, 6.07) is 18.9. The number of ether oxygens (including phenoxy) is 2. The van der Waals surface area contributed by atoms with Crippen molar-refractivity contribution in [3.63, 3.8) is 0 Å². The third-order valence-corrected chi connectivity index (χ3v) is 4.72. The van der Waals surface area contributed by atoms with E-state index in [4.69, 9.17) is 9.47 Å². The summed E-state index contributed by atoms with van der Waals surface area (Å²) < 4.78 is 24.6. The molecule has 0 unspecified atom stereocenters. The van der Waals surface area contributed by atoms with Gasteiger partial charge in [-0.3, -0.25) is 5.10 Å². The molecule has 30 heavy (non-hydrogen) atoms. The molecule has 0 amide bonds. The Bertz CT molecular complexity index is 1120. The molecular formula is C24H21FN2O3. The van der Waals surface area contributed by atoms with Gasteiger partial charge in [-0.15, -0.1) is 0 Å². The highest BCUT2D eigenvalue weighted by atomic mass is 19.1. The molecule has 4 aromatic rings. The van der Waals surface area contributed by atoms with Crippen LogP contribution in [0.1, 0.15) is 18.1 Å². The first-order chi connectivity index (χ1) is 14.6. The molecule has 0 saturated heterocycles. The van der Waals surface area contributed by atoms with E-state index in [0.29, 0.717) is 28.5 Å². The molecule has 0 aliphatic carbocycles. The number of benzene rings is 3. The fourth-order valence-corrected chi connectivity index (χ4v) is 3.03. The Labute approximate surface area is 173 Å². The lowest BCUT2D eigenvalue weighted by atomic mass is 10.1. The number of hydrogen-bond acceptors (Lipinski definition) is 4. The van der Waals surface area contributed by atoms with Crippen molar-refractivity contribution in [3.8, 4) is 34.3 Å². The number of aryl methyl sites for hydroxylation is 1. The molecule has 0 bridgehead atoms. The molecule has 1 heterocycles. The fourth-order valence-electron chi connectivity index (χ4n) is 3.03. The van der Waals surface area contributed by atoms with Crippen LogP contribution in [0, 0.1) is 5.82 Å². The van der Waals surface area contributed by atoms with Crippen LogP contribution in [0.25, 0.3) is 11.3 Å². The summed E-state index contributed by atoms with van der Waals surface area (Å²) in [5.74, 6) is 1.43. The van der Waals surface area contributed by atoms with Gasteiger partial charge in [0, 0.05) is 11.6 Å². The number of nitrogens with zero attached hydrogens (tertiary/aromatic N) is 1. The summed E-state index contributed by atoms with van der Waals surface area (Å²) >= 11 is 0. The number of phenols is 1. The molecule has 6 heteroatoms. The molecule has 0 atom stereocenters. The Morgan fingerprint density at radius 3 is 2.33 bits per heavy atom. The summed E-state index contributed by atoms with van der Waals surface area (Å²) in [5.41, 5.74) is 3.17. The number of halogens is 1. The molecule has 152 valence electrons. The van der Waals surface area contributed by atoms with Crippen LogP contribution in [0.5, 0.6) is 23.0 Å². The van der Waals surface area contributed by atoms with Gasteiger partial charge in [0.2, 0.25) is 0 Å². The monoisotopic (exact) mass is 404 g/mol. The van der Waals surface area contributed by atoms with Crippen LogP contribution < -0.4 is 9.47 Å². The molecule has 0 fully saturated rings. The maximum atomic E-state index is 13.0. The third-order valence-electron chi connectivity index (χ3n) is 4.72. The molecule has 5 nitrogen and oxygen atoms in total. The molecule has 0 spiro atoms. The van der Waals surface area contributed by atoms with Crippen LogP contribution in [0.4, 0.5) is 4.39 Å². The van der Waals surface area contributed by atoms with Crippen LogP contribution in [0.15, 0.2) is 72.9 Å². The van der Waals surface area contributed by atoms with Crippen molar-refractivity contribution in [2.45, 2.75) is 20.0 Å². The normalized spacial score (nSPS) is 10.7. The quantitative estimate of drug-likeness (QED) is 0.405. The fraction of sp³-hybridized carbons (Fsp3) is 0.125. The van der Waals surface area contributed by atoms with E-state index in [1.807, 2.05) is 24.3 Å². The third kappa shape index (κ3) is 4.43. The second kappa shape index (κ2) is 8.69. The molecule has 0 aliphatic rings. The second-order valence-electron chi connectivity index (χ2n) is 6.80. The highest BCUT2D eigenvalue weighted by molar-refractivity contribution is 5.73. The van der Waals surface area contributed by atoms with Gasteiger partial charge >= 0.3 is 0 Å². The number of H-pyrrole nitrogens is 1. The molecule has 1 aromatic heterocycles. The SMILES string of the molecule is CCc1ccc(Oc2cn[nH]c2-c2ccc(OCc3ccc(F)cc3)cc2O)cc1. The van der Waals surface area contributed by atoms with E-state index in [1.54, 1.807) is 30.5 Å². The number of nitrogens with one attached hydrogen (secondary N) is 1. The first kappa shape index (κ1) is 19.5.